The van der Waals surface area contributed by atoms with Gasteiger partial charge in [-0.3, -0.25) is 9.78 Å². The van der Waals surface area contributed by atoms with Crippen molar-refractivity contribution in [3.63, 3.8) is 0 Å². The third-order valence-electron chi connectivity index (χ3n) is 7.63. The number of ether oxygens (including phenoxy) is 1. The first-order chi connectivity index (χ1) is 20.4. The number of nitriles is 1. The van der Waals surface area contributed by atoms with Crippen molar-refractivity contribution in [1.82, 2.24) is 25.1 Å². The van der Waals surface area contributed by atoms with Crippen molar-refractivity contribution >= 4 is 11.0 Å². The number of aryl methyl sites for hydroxylation is 2. The molecule has 0 amide bonds. The van der Waals surface area contributed by atoms with Gasteiger partial charge in [0.25, 0.3) is 0 Å². The maximum Gasteiger partial charge on any atom is 0.202 e. The van der Waals surface area contributed by atoms with E-state index in [2.05, 4.69) is 21.6 Å². The number of methoxy groups -OCH3 is 1. The number of aromatic nitrogens is 4. The highest BCUT2D eigenvalue weighted by Crippen LogP contribution is 2.42. The standard InChI is InChI=1S/C32H29FN6O3/c1-18-29(33)22(15-35-8-9-41-3)11-25-30(40)26(16-42-31(18)25)28-13-21(12-27(37-28)20-5-6-20)23-7-4-19(14-34)10-24(23)32-38-36-17-39(32)2/h4,7,10-13,16-17,20,35H,5-6,8-9,15H2,1-3H3. The lowest BCUT2D eigenvalue weighted by Crippen LogP contribution is -2.20. The van der Waals surface area contributed by atoms with Gasteiger partial charge in [-0.05, 0) is 61.2 Å². The summed E-state index contributed by atoms with van der Waals surface area (Å²) in [5.74, 6) is 0.508. The predicted octanol–water partition coefficient (Wildman–Crippen LogP) is 5.25. The molecule has 1 aliphatic rings. The van der Waals surface area contributed by atoms with Crippen molar-refractivity contribution in [2.75, 3.05) is 20.3 Å². The molecule has 0 aliphatic heterocycles. The summed E-state index contributed by atoms with van der Waals surface area (Å²) in [6, 6.07) is 13.1. The molecule has 42 heavy (non-hydrogen) atoms. The summed E-state index contributed by atoms with van der Waals surface area (Å²) in [6.07, 6.45) is 5.02. The Kier molecular flexibility index (Phi) is 7.37. The summed E-state index contributed by atoms with van der Waals surface area (Å²) in [4.78, 5) is 18.8. The Morgan fingerprint density at radius 2 is 2.02 bits per heavy atom. The molecular formula is C32H29FN6O3. The van der Waals surface area contributed by atoms with E-state index in [1.807, 2.05) is 25.2 Å². The van der Waals surface area contributed by atoms with Crippen LogP contribution in [0, 0.1) is 24.1 Å². The fraction of sp³-hybridized carbons (Fsp3) is 0.281. The zero-order valence-corrected chi connectivity index (χ0v) is 23.6. The lowest BCUT2D eigenvalue weighted by molar-refractivity contribution is 0.199. The van der Waals surface area contributed by atoms with Gasteiger partial charge >= 0.3 is 0 Å². The fourth-order valence-corrected chi connectivity index (χ4v) is 5.20. The molecule has 5 aromatic rings. The molecule has 1 saturated carbocycles. The van der Waals surface area contributed by atoms with Crippen molar-refractivity contribution in [2.24, 2.45) is 7.05 Å². The van der Waals surface area contributed by atoms with E-state index in [4.69, 9.17) is 14.1 Å². The average Bonchev–Trinajstić information content (AvgIpc) is 3.77. The Labute approximate surface area is 241 Å². The van der Waals surface area contributed by atoms with Crippen LogP contribution >= 0.6 is 0 Å². The maximum absolute atomic E-state index is 15.1. The molecule has 2 aromatic carbocycles. The first-order valence-electron chi connectivity index (χ1n) is 13.7. The summed E-state index contributed by atoms with van der Waals surface area (Å²) >= 11 is 0. The SMILES string of the molecule is COCCNCc1cc2c(=O)c(-c3cc(-c4ccc(C#N)cc4-c4nncn4C)cc(C4CC4)n3)coc2c(C)c1F. The Morgan fingerprint density at radius 3 is 2.74 bits per heavy atom. The molecular weight excluding hydrogens is 535 g/mol. The van der Waals surface area contributed by atoms with E-state index in [9.17, 15) is 10.1 Å². The largest absolute Gasteiger partial charge is 0.463 e. The molecule has 10 heteroatoms. The monoisotopic (exact) mass is 564 g/mol. The van der Waals surface area contributed by atoms with E-state index in [-0.39, 0.29) is 23.1 Å². The topological polar surface area (TPSA) is 119 Å². The molecule has 0 radical (unpaired) electrons. The molecule has 0 atom stereocenters. The summed E-state index contributed by atoms with van der Waals surface area (Å²) in [5, 5.41) is 21.3. The van der Waals surface area contributed by atoms with E-state index in [0.717, 1.165) is 35.2 Å². The van der Waals surface area contributed by atoms with Crippen molar-refractivity contribution in [2.45, 2.75) is 32.2 Å². The van der Waals surface area contributed by atoms with Gasteiger partial charge < -0.3 is 19.0 Å². The number of pyridine rings is 1. The number of hydrogen-bond donors (Lipinski definition) is 1. The molecule has 0 unspecified atom stereocenters. The number of hydrogen-bond acceptors (Lipinski definition) is 8. The van der Waals surface area contributed by atoms with E-state index in [1.165, 1.54) is 6.26 Å². The highest BCUT2D eigenvalue weighted by atomic mass is 19.1. The van der Waals surface area contributed by atoms with Crippen LogP contribution in [0.25, 0.3) is 44.7 Å². The van der Waals surface area contributed by atoms with E-state index < -0.39 is 5.82 Å². The quantitative estimate of drug-likeness (QED) is 0.241. The molecule has 1 fully saturated rings. The van der Waals surface area contributed by atoms with Crippen molar-refractivity contribution in [1.29, 1.82) is 5.26 Å². The van der Waals surface area contributed by atoms with Gasteiger partial charge in [-0.2, -0.15) is 5.26 Å². The average molecular weight is 565 g/mol. The summed E-state index contributed by atoms with van der Waals surface area (Å²) in [7, 11) is 3.45. The Morgan fingerprint density at radius 1 is 1.19 bits per heavy atom. The molecule has 3 aromatic heterocycles. The minimum Gasteiger partial charge on any atom is -0.463 e. The number of nitrogens with one attached hydrogen (secondary N) is 1. The van der Waals surface area contributed by atoms with Crippen molar-refractivity contribution in [3.8, 4) is 39.8 Å². The molecule has 1 N–H and O–H groups in total. The highest BCUT2D eigenvalue weighted by molar-refractivity contribution is 5.87. The summed E-state index contributed by atoms with van der Waals surface area (Å²) in [5.41, 5.74) is 5.17. The fourth-order valence-electron chi connectivity index (χ4n) is 5.20. The summed E-state index contributed by atoms with van der Waals surface area (Å²) in [6.45, 7) is 2.90. The third kappa shape index (κ3) is 5.09. The number of benzene rings is 2. The molecule has 0 bridgehead atoms. The van der Waals surface area contributed by atoms with Gasteiger partial charge in [-0.15, -0.1) is 10.2 Å². The van der Waals surface area contributed by atoms with Crippen LogP contribution in [0.4, 0.5) is 4.39 Å². The lowest BCUT2D eigenvalue weighted by Gasteiger charge is -2.14. The Balaban J connectivity index is 1.50. The Hall–Kier alpha value is -4.72. The minimum absolute atomic E-state index is 0.220. The van der Waals surface area contributed by atoms with Crippen LogP contribution in [0.15, 0.2) is 58.2 Å². The van der Waals surface area contributed by atoms with Gasteiger partial charge in [0.2, 0.25) is 5.43 Å². The second-order valence-corrected chi connectivity index (χ2v) is 10.6. The van der Waals surface area contributed by atoms with Crippen molar-refractivity contribution in [3.05, 3.63) is 87.4 Å². The molecule has 3 heterocycles. The van der Waals surface area contributed by atoms with Crippen LogP contribution in [-0.2, 0) is 18.3 Å². The third-order valence-corrected chi connectivity index (χ3v) is 7.63. The van der Waals surface area contributed by atoms with Crippen LogP contribution in [-0.4, -0.2) is 40.0 Å². The van der Waals surface area contributed by atoms with Crippen LogP contribution in [0.2, 0.25) is 0 Å². The van der Waals surface area contributed by atoms with Crippen LogP contribution in [0.3, 0.4) is 0 Å². The van der Waals surface area contributed by atoms with Crippen LogP contribution < -0.4 is 10.7 Å². The first-order valence-corrected chi connectivity index (χ1v) is 13.7. The number of nitrogens with zero attached hydrogens (tertiary/aromatic N) is 5. The molecule has 212 valence electrons. The molecule has 0 saturated heterocycles. The van der Waals surface area contributed by atoms with Gasteiger partial charge in [0.1, 0.15) is 24.0 Å². The maximum atomic E-state index is 15.1. The molecule has 1 aliphatic carbocycles. The zero-order valence-electron chi connectivity index (χ0n) is 23.6. The number of fused-ring (bicyclic) bond motifs is 1. The van der Waals surface area contributed by atoms with Crippen molar-refractivity contribution < 1.29 is 13.5 Å². The number of rotatable bonds is 9. The second-order valence-electron chi connectivity index (χ2n) is 10.6. The second kappa shape index (κ2) is 11.3. The van der Waals surface area contributed by atoms with E-state index in [1.54, 1.807) is 43.1 Å². The first kappa shape index (κ1) is 27.4. The molecule has 0 spiro atoms. The van der Waals surface area contributed by atoms with E-state index in [0.29, 0.717) is 52.7 Å². The smallest absolute Gasteiger partial charge is 0.202 e. The summed E-state index contributed by atoms with van der Waals surface area (Å²) < 4.78 is 27.9. The van der Waals surface area contributed by atoms with Gasteiger partial charge in [-0.1, -0.05) is 6.07 Å². The molecule has 9 nitrogen and oxygen atoms in total. The zero-order chi connectivity index (χ0) is 29.4. The van der Waals surface area contributed by atoms with E-state index >= 15 is 4.39 Å². The number of halogens is 1. The normalized spacial score (nSPS) is 13.0. The van der Waals surface area contributed by atoms with Gasteiger partial charge in [-0.25, -0.2) is 4.39 Å². The Bertz CT molecular complexity index is 1920. The molecule has 6 rings (SSSR count). The lowest BCUT2D eigenvalue weighted by atomic mass is 9.95. The van der Waals surface area contributed by atoms with Gasteiger partial charge in [0, 0.05) is 55.5 Å². The van der Waals surface area contributed by atoms with Crippen LogP contribution in [0.1, 0.15) is 41.1 Å². The predicted molar refractivity (Wildman–Crippen MR) is 156 cm³/mol. The highest BCUT2D eigenvalue weighted by Gasteiger charge is 2.27. The van der Waals surface area contributed by atoms with Crippen LogP contribution in [0.5, 0.6) is 0 Å². The minimum atomic E-state index is -0.406. The van der Waals surface area contributed by atoms with Gasteiger partial charge in [0.05, 0.1) is 34.9 Å². The van der Waals surface area contributed by atoms with Gasteiger partial charge in [0.15, 0.2) is 5.82 Å².